The molecule has 0 spiro atoms. The Morgan fingerprint density at radius 1 is 1.16 bits per heavy atom. The van der Waals surface area contributed by atoms with Gasteiger partial charge in [0.05, 0.1) is 11.6 Å². The molecule has 19 heavy (non-hydrogen) atoms. The monoisotopic (exact) mass is 303 g/mol. The van der Waals surface area contributed by atoms with Crippen LogP contribution in [0.3, 0.4) is 0 Å². The molecule has 0 aliphatic heterocycles. The van der Waals surface area contributed by atoms with Gasteiger partial charge in [-0.05, 0) is 43.5 Å². The second kappa shape index (κ2) is 7.37. The fourth-order valence-electron chi connectivity index (χ4n) is 2.03. The van der Waals surface area contributed by atoms with Gasteiger partial charge in [0, 0.05) is 11.1 Å². The van der Waals surface area contributed by atoms with E-state index in [0.29, 0.717) is 22.4 Å². The Bertz CT molecular complexity index is 419. The van der Waals surface area contributed by atoms with Crippen molar-refractivity contribution in [3.05, 3.63) is 27.7 Å². The first kappa shape index (κ1) is 16.6. The number of nitrogens with one attached hydrogen (secondary N) is 1. The first-order valence-electron chi connectivity index (χ1n) is 6.75. The highest BCUT2D eigenvalue weighted by Crippen LogP contribution is 2.38. The number of hydrogen-bond donors (Lipinski definition) is 1. The number of benzene rings is 1. The molecule has 0 bridgehead atoms. The van der Waals surface area contributed by atoms with Crippen molar-refractivity contribution < 1.29 is 4.74 Å². The van der Waals surface area contributed by atoms with Crippen molar-refractivity contribution in [2.45, 2.75) is 39.5 Å². The van der Waals surface area contributed by atoms with Crippen LogP contribution >= 0.6 is 23.2 Å². The quantitative estimate of drug-likeness (QED) is 0.739. The van der Waals surface area contributed by atoms with Crippen LogP contribution in [0.2, 0.25) is 10.0 Å². The lowest BCUT2D eigenvalue weighted by Crippen LogP contribution is -2.25. The largest absolute Gasteiger partial charge is 0.492 e. The Balaban J connectivity index is 2.96. The minimum absolute atomic E-state index is 0.0202. The number of ether oxygens (including phenoxy) is 1. The highest BCUT2D eigenvalue weighted by molar-refractivity contribution is 6.34. The Kier molecular flexibility index (Phi) is 6.45. The fourth-order valence-corrected chi connectivity index (χ4v) is 2.65. The molecule has 0 aromatic heterocycles. The zero-order valence-corrected chi connectivity index (χ0v) is 13.7. The van der Waals surface area contributed by atoms with Crippen molar-refractivity contribution in [2.24, 2.45) is 0 Å². The van der Waals surface area contributed by atoms with E-state index in [1.165, 1.54) is 0 Å². The summed E-state index contributed by atoms with van der Waals surface area (Å²) in [5.74, 6) is 0.653. The Labute approximate surface area is 126 Å². The SMILES string of the molecule is CCNCCC(C)(C)c1cc(Cl)c(OCC)cc1Cl. The van der Waals surface area contributed by atoms with Gasteiger partial charge in [-0.2, -0.15) is 0 Å². The van der Waals surface area contributed by atoms with Gasteiger partial charge in [-0.3, -0.25) is 0 Å². The van der Waals surface area contributed by atoms with Gasteiger partial charge >= 0.3 is 0 Å². The van der Waals surface area contributed by atoms with Crippen molar-refractivity contribution in [1.29, 1.82) is 0 Å². The predicted octanol–water partition coefficient (Wildman–Crippen LogP) is 4.67. The van der Waals surface area contributed by atoms with Crippen LogP contribution < -0.4 is 10.1 Å². The second-order valence-electron chi connectivity index (χ2n) is 5.18. The molecule has 2 nitrogen and oxygen atoms in total. The number of hydrogen-bond acceptors (Lipinski definition) is 2. The van der Waals surface area contributed by atoms with E-state index in [-0.39, 0.29) is 5.41 Å². The van der Waals surface area contributed by atoms with Crippen LogP contribution in [0.25, 0.3) is 0 Å². The van der Waals surface area contributed by atoms with E-state index in [1.807, 2.05) is 19.1 Å². The lowest BCUT2D eigenvalue weighted by molar-refractivity contribution is 0.340. The molecule has 108 valence electrons. The summed E-state index contributed by atoms with van der Waals surface area (Å²) in [5, 5.41) is 4.68. The maximum absolute atomic E-state index is 6.38. The summed E-state index contributed by atoms with van der Waals surface area (Å²) in [5.41, 5.74) is 1.05. The van der Waals surface area contributed by atoms with Gasteiger partial charge in [0.1, 0.15) is 5.75 Å². The zero-order valence-electron chi connectivity index (χ0n) is 12.1. The molecule has 1 rings (SSSR count). The first-order valence-corrected chi connectivity index (χ1v) is 7.51. The minimum atomic E-state index is -0.0202. The standard InChI is InChI=1S/C15H23Cl2NO/c1-5-18-8-7-15(3,4)11-9-13(17)14(19-6-2)10-12(11)16/h9-10,18H,5-8H2,1-4H3. The molecule has 0 atom stereocenters. The van der Waals surface area contributed by atoms with Gasteiger partial charge in [0.25, 0.3) is 0 Å². The van der Waals surface area contributed by atoms with Gasteiger partial charge in [0.15, 0.2) is 0 Å². The van der Waals surface area contributed by atoms with E-state index in [1.54, 1.807) is 0 Å². The fraction of sp³-hybridized carbons (Fsp3) is 0.600. The average molecular weight is 304 g/mol. The summed E-state index contributed by atoms with van der Waals surface area (Å²) in [6.45, 7) is 10.9. The second-order valence-corrected chi connectivity index (χ2v) is 6.00. The molecule has 0 fully saturated rings. The number of rotatable bonds is 7. The average Bonchev–Trinajstić information content (AvgIpc) is 2.33. The molecule has 0 radical (unpaired) electrons. The molecule has 0 saturated carbocycles. The van der Waals surface area contributed by atoms with Crippen LogP contribution in [0.5, 0.6) is 5.75 Å². The third-order valence-electron chi connectivity index (χ3n) is 3.23. The van der Waals surface area contributed by atoms with Crippen molar-refractivity contribution in [1.82, 2.24) is 5.32 Å². The summed E-state index contributed by atoms with van der Waals surface area (Å²) in [6.07, 6.45) is 1.00. The lowest BCUT2D eigenvalue weighted by Gasteiger charge is -2.27. The van der Waals surface area contributed by atoms with Crippen LogP contribution in [0, 0.1) is 0 Å². The molecule has 0 aliphatic rings. The van der Waals surface area contributed by atoms with Gasteiger partial charge in [-0.15, -0.1) is 0 Å². The van der Waals surface area contributed by atoms with Gasteiger partial charge in [-0.25, -0.2) is 0 Å². The maximum Gasteiger partial charge on any atom is 0.139 e. The molecule has 0 saturated heterocycles. The van der Waals surface area contributed by atoms with Crippen molar-refractivity contribution in [3.63, 3.8) is 0 Å². The normalized spacial score (nSPS) is 11.7. The summed E-state index contributed by atoms with van der Waals surface area (Å²) in [6, 6.07) is 3.75. The zero-order chi connectivity index (χ0) is 14.5. The molecule has 1 aromatic rings. The van der Waals surface area contributed by atoms with Gasteiger partial charge in [-0.1, -0.05) is 44.0 Å². The van der Waals surface area contributed by atoms with Crippen molar-refractivity contribution in [3.8, 4) is 5.75 Å². The van der Waals surface area contributed by atoms with Gasteiger partial charge < -0.3 is 10.1 Å². The van der Waals surface area contributed by atoms with E-state index < -0.39 is 0 Å². The highest BCUT2D eigenvalue weighted by Gasteiger charge is 2.24. The summed E-state index contributed by atoms with van der Waals surface area (Å²) < 4.78 is 5.45. The van der Waals surface area contributed by atoms with E-state index in [0.717, 1.165) is 25.1 Å². The molecular formula is C15H23Cl2NO. The molecule has 0 unspecified atom stereocenters. The highest BCUT2D eigenvalue weighted by atomic mass is 35.5. The molecule has 0 amide bonds. The van der Waals surface area contributed by atoms with Crippen LogP contribution in [0.15, 0.2) is 12.1 Å². The molecule has 0 heterocycles. The maximum atomic E-state index is 6.38. The van der Waals surface area contributed by atoms with E-state index >= 15 is 0 Å². The third kappa shape index (κ3) is 4.55. The van der Waals surface area contributed by atoms with E-state index in [9.17, 15) is 0 Å². The van der Waals surface area contributed by atoms with Crippen LogP contribution in [-0.4, -0.2) is 19.7 Å². The third-order valence-corrected chi connectivity index (χ3v) is 3.84. The predicted molar refractivity (Wildman–Crippen MR) is 83.8 cm³/mol. The minimum Gasteiger partial charge on any atom is -0.492 e. The van der Waals surface area contributed by atoms with Crippen LogP contribution in [0.1, 0.15) is 39.7 Å². The molecular weight excluding hydrogens is 281 g/mol. The molecule has 1 N–H and O–H groups in total. The molecule has 4 heteroatoms. The van der Waals surface area contributed by atoms with E-state index in [2.05, 4.69) is 26.1 Å². The van der Waals surface area contributed by atoms with Crippen LogP contribution in [-0.2, 0) is 5.41 Å². The van der Waals surface area contributed by atoms with Crippen molar-refractivity contribution in [2.75, 3.05) is 19.7 Å². The Morgan fingerprint density at radius 2 is 1.84 bits per heavy atom. The van der Waals surface area contributed by atoms with Crippen LogP contribution in [0.4, 0.5) is 0 Å². The summed E-state index contributed by atoms with van der Waals surface area (Å²) >= 11 is 12.6. The molecule has 0 aliphatic carbocycles. The van der Waals surface area contributed by atoms with Crippen molar-refractivity contribution >= 4 is 23.2 Å². The summed E-state index contributed by atoms with van der Waals surface area (Å²) in [7, 11) is 0. The Hall–Kier alpha value is -0.440. The topological polar surface area (TPSA) is 21.3 Å². The smallest absolute Gasteiger partial charge is 0.139 e. The summed E-state index contributed by atoms with van der Waals surface area (Å²) in [4.78, 5) is 0. The Morgan fingerprint density at radius 3 is 2.42 bits per heavy atom. The van der Waals surface area contributed by atoms with Gasteiger partial charge in [0.2, 0.25) is 0 Å². The molecule has 1 aromatic carbocycles. The first-order chi connectivity index (χ1) is 8.92. The lowest BCUT2D eigenvalue weighted by atomic mass is 9.81. The van der Waals surface area contributed by atoms with E-state index in [4.69, 9.17) is 27.9 Å². The number of halogens is 2.